The van der Waals surface area contributed by atoms with E-state index < -0.39 is 0 Å². The topological polar surface area (TPSA) is 77.5 Å². The van der Waals surface area contributed by atoms with Crippen molar-refractivity contribution in [1.82, 2.24) is 10.4 Å². The number of H-pyrrole nitrogens is 1. The Hall–Kier alpha value is -3.08. The summed E-state index contributed by atoms with van der Waals surface area (Å²) in [6.45, 7) is 0. The van der Waals surface area contributed by atoms with Gasteiger partial charge in [0.2, 0.25) is 0 Å². The predicted octanol–water partition coefficient (Wildman–Crippen LogP) is 2.83. The molecule has 0 spiro atoms. The van der Waals surface area contributed by atoms with Gasteiger partial charge in [-0.2, -0.15) is 5.10 Å². The lowest BCUT2D eigenvalue weighted by molar-refractivity contribution is 0.0956. The molecule has 0 saturated heterocycles. The van der Waals surface area contributed by atoms with E-state index in [1.807, 2.05) is 30.3 Å². The fourth-order valence-electron chi connectivity index (χ4n) is 2.23. The van der Waals surface area contributed by atoms with Crippen LogP contribution in [-0.4, -0.2) is 22.2 Å². The Morgan fingerprint density at radius 3 is 2.86 bits per heavy atom. The van der Waals surface area contributed by atoms with Crippen molar-refractivity contribution in [2.24, 2.45) is 5.10 Å². The predicted molar refractivity (Wildman–Crippen MR) is 86.1 cm³/mol. The molecule has 3 aromatic rings. The number of hydrogen-bond donors (Lipinski definition) is 3. The van der Waals surface area contributed by atoms with Gasteiger partial charge in [-0.3, -0.25) is 4.79 Å². The molecule has 0 bridgehead atoms. The molecule has 0 aliphatic carbocycles. The van der Waals surface area contributed by atoms with Gasteiger partial charge in [0, 0.05) is 29.7 Å². The smallest absolute Gasteiger partial charge is 0.273 e. The van der Waals surface area contributed by atoms with Crippen molar-refractivity contribution in [3.63, 3.8) is 0 Å². The first kappa shape index (κ1) is 13.9. The number of nitrogens with one attached hydrogen (secondary N) is 2. The van der Waals surface area contributed by atoms with Crippen molar-refractivity contribution < 1.29 is 9.90 Å². The number of carbonyl (C=O) groups is 1. The first-order valence-corrected chi connectivity index (χ1v) is 6.90. The number of hydrogen-bond acceptors (Lipinski definition) is 3. The maximum Gasteiger partial charge on any atom is 0.273 e. The van der Waals surface area contributed by atoms with E-state index in [1.165, 1.54) is 0 Å². The number of carbonyl (C=O) groups excluding carboxylic acids is 1. The van der Waals surface area contributed by atoms with Crippen LogP contribution in [0.25, 0.3) is 10.9 Å². The Balaban J connectivity index is 1.67. The van der Waals surface area contributed by atoms with Gasteiger partial charge in [0.1, 0.15) is 5.75 Å². The van der Waals surface area contributed by atoms with E-state index in [0.29, 0.717) is 17.4 Å². The van der Waals surface area contributed by atoms with Crippen molar-refractivity contribution in [2.75, 3.05) is 0 Å². The fourth-order valence-corrected chi connectivity index (χ4v) is 2.23. The van der Waals surface area contributed by atoms with E-state index in [4.69, 9.17) is 0 Å². The molecule has 3 N–H and O–H groups in total. The highest BCUT2D eigenvalue weighted by Crippen LogP contribution is 2.22. The number of aromatic nitrogens is 1. The molecule has 0 fully saturated rings. The summed E-state index contributed by atoms with van der Waals surface area (Å²) in [7, 11) is 0. The Bertz CT molecular complexity index is 822. The number of hydrazone groups is 1. The van der Waals surface area contributed by atoms with Crippen molar-refractivity contribution in [3.05, 3.63) is 65.9 Å². The average Bonchev–Trinajstić information content (AvgIpc) is 2.95. The highest BCUT2D eigenvalue weighted by molar-refractivity contribution is 6.07. The van der Waals surface area contributed by atoms with Gasteiger partial charge in [-0.25, -0.2) is 5.43 Å². The lowest BCUT2D eigenvalue weighted by atomic mass is 10.1. The molecule has 0 unspecified atom stereocenters. The highest BCUT2D eigenvalue weighted by atomic mass is 16.3. The molecule has 0 radical (unpaired) electrons. The molecule has 5 heteroatoms. The Labute approximate surface area is 127 Å². The van der Waals surface area contributed by atoms with Gasteiger partial charge in [-0.15, -0.1) is 0 Å². The third kappa shape index (κ3) is 2.98. The minimum atomic E-state index is -0.318. The van der Waals surface area contributed by atoms with Crippen molar-refractivity contribution in [2.45, 2.75) is 6.42 Å². The summed E-state index contributed by atoms with van der Waals surface area (Å²) in [5.74, 6) is -0.199. The van der Waals surface area contributed by atoms with Crippen molar-refractivity contribution >= 4 is 23.0 Å². The molecule has 3 rings (SSSR count). The number of rotatable bonds is 4. The number of fused-ring (bicyclic) bond motifs is 1. The summed E-state index contributed by atoms with van der Waals surface area (Å²) < 4.78 is 0. The van der Waals surface area contributed by atoms with Gasteiger partial charge < -0.3 is 10.1 Å². The molecule has 0 aliphatic heterocycles. The van der Waals surface area contributed by atoms with E-state index in [1.54, 1.807) is 30.6 Å². The molecule has 2 aromatic carbocycles. The van der Waals surface area contributed by atoms with Crippen LogP contribution in [0.4, 0.5) is 0 Å². The molecule has 1 aromatic heterocycles. The minimum absolute atomic E-state index is 0.119. The summed E-state index contributed by atoms with van der Waals surface area (Å²) in [5.41, 5.74) is 4.85. The molecule has 1 amide bonds. The largest absolute Gasteiger partial charge is 0.508 e. The third-order valence-electron chi connectivity index (χ3n) is 3.34. The monoisotopic (exact) mass is 293 g/mol. The van der Waals surface area contributed by atoms with E-state index >= 15 is 0 Å². The highest BCUT2D eigenvalue weighted by Gasteiger charge is 2.11. The van der Waals surface area contributed by atoms with E-state index in [9.17, 15) is 9.90 Å². The van der Waals surface area contributed by atoms with Crippen LogP contribution in [0.5, 0.6) is 5.75 Å². The van der Waals surface area contributed by atoms with Gasteiger partial charge in [0.05, 0.1) is 5.56 Å². The summed E-state index contributed by atoms with van der Waals surface area (Å²) in [4.78, 5) is 15.1. The second-order valence-corrected chi connectivity index (χ2v) is 4.87. The van der Waals surface area contributed by atoms with Gasteiger partial charge in [0.15, 0.2) is 0 Å². The number of benzene rings is 2. The van der Waals surface area contributed by atoms with Crippen LogP contribution in [0.2, 0.25) is 0 Å². The molecule has 22 heavy (non-hydrogen) atoms. The molecular formula is C17H15N3O2. The summed E-state index contributed by atoms with van der Waals surface area (Å²) in [6, 6.07) is 14.7. The molecular weight excluding hydrogens is 278 g/mol. The SMILES string of the molecule is O=C(N/N=C/Cc1ccccc1)c1c[nH]c2ccc(O)cc12. The second-order valence-electron chi connectivity index (χ2n) is 4.87. The van der Waals surface area contributed by atoms with Crippen molar-refractivity contribution in [3.8, 4) is 5.75 Å². The maximum atomic E-state index is 12.1. The maximum absolute atomic E-state index is 12.1. The van der Waals surface area contributed by atoms with E-state index in [0.717, 1.165) is 11.1 Å². The zero-order valence-corrected chi connectivity index (χ0v) is 11.8. The summed E-state index contributed by atoms with van der Waals surface area (Å²) in [5, 5.41) is 14.1. The van der Waals surface area contributed by atoms with Crippen LogP contribution in [-0.2, 0) is 6.42 Å². The van der Waals surface area contributed by atoms with Crippen LogP contribution >= 0.6 is 0 Å². The zero-order valence-electron chi connectivity index (χ0n) is 11.8. The minimum Gasteiger partial charge on any atom is -0.508 e. The van der Waals surface area contributed by atoms with E-state index in [-0.39, 0.29) is 11.7 Å². The molecule has 0 aliphatic rings. The number of phenolic OH excluding ortho intramolecular Hbond substituents is 1. The number of aromatic hydroxyl groups is 1. The molecule has 110 valence electrons. The number of nitrogens with zero attached hydrogens (tertiary/aromatic N) is 1. The second kappa shape index (κ2) is 6.13. The quantitative estimate of drug-likeness (QED) is 0.511. The standard InChI is InChI=1S/C17H15N3O2/c21-13-6-7-16-14(10-13)15(11-18-16)17(22)20-19-9-8-12-4-2-1-3-5-12/h1-7,9-11,18,21H,8H2,(H,20,22)/b19-9+. The van der Waals surface area contributed by atoms with Crippen LogP contribution in [0.15, 0.2) is 59.8 Å². The third-order valence-corrected chi connectivity index (χ3v) is 3.34. The Kier molecular flexibility index (Phi) is 3.87. The first-order chi connectivity index (χ1) is 10.7. The average molecular weight is 293 g/mol. The number of phenols is 1. The molecule has 1 heterocycles. The Morgan fingerprint density at radius 2 is 2.05 bits per heavy atom. The molecule has 0 saturated carbocycles. The summed E-state index contributed by atoms with van der Waals surface area (Å²) >= 11 is 0. The molecule has 0 atom stereocenters. The van der Waals surface area contributed by atoms with Crippen LogP contribution in [0.1, 0.15) is 15.9 Å². The summed E-state index contributed by atoms with van der Waals surface area (Å²) in [6.07, 6.45) is 3.90. The van der Waals surface area contributed by atoms with Crippen LogP contribution < -0.4 is 5.43 Å². The van der Waals surface area contributed by atoms with Crippen LogP contribution in [0, 0.1) is 0 Å². The lowest BCUT2D eigenvalue weighted by Crippen LogP contribution is -2.17. The fraction of sp³-hybridized carbons (Fsp3) is 0.0588. The van der Waals surface area contributed by atoms with Gasteiger partial charge in [-0.1, -0.05) is 30.3 Å². The van der Waals surface area contributed by atoms with Gasteiger partial charge in [0.25, 0.3) is 5.91 Å². The van der Waals surface area contributed by atoms with Crippen LogP contribution in [0.3, 0.4) is 0 Å². The van der Waals surface area contributed by atoms with E-state index in [2.05, 4.69) is 15.5 Å². The van der Waals surface area contributed by atoms with Gasteiger partial charge in [-0.05, 0) is 23.8 Å². The normalized spacial score (nSPS) is 11.1. The first-order valence-electron chi connectivity index (χ1n) is 6.90. The number of amides is 1. The van der Waals surface area contributed by atoms with Gasteiger partial charge >= 0.3 is 0 Å². The molecule has 5 nitrogen and oxygen atoms in total. The van der Waals surface area contributed by atoms with Crippen molar-refractivity contribution in [1.29, 1.82) is 0 Å². The zero-order chi connectivity index (χ0) is 15.4. The Morgan fingerprint density at radius 1 is 1.23 bits per heavy atom. The lowest BCUT2D eigenvalue weighted by Gasteiger charge is -1.99. The number of aromatic amines is 1.